The normalized spacial score (nSPS) is 18.6. The Hall–Kier alpha value is -1.95. The molecule has 2 rings (SSSR count). The molecule has 1 atom stereocenters. The van der Waals surface area contributed by atoms with Crippen molar-refractivity contribution in [2.24, 2.45) is 5.92 Å². The maximum Gasteiger partial charge on any atom is 0.303 e. The minimum absolute atomic E-state index is 0.0219. The number of carboxylic acid groups (broad SMARTS) is 1. The van der Waals surface area contributed by atoms with Gasteiger partial charge in [-0.2, -0.15) is 0 Å². The standard InChI is InChI=1S/C17H25N3O3/c1-13-7-8-15(18-11-13)19-17(23)14-5-4-10-20(12-14)9-3-2-6-16(21)22/h7-8,11,14H,2-6,9-10,12H2,1H3,(H,21,22)(H,18,19,23). The summed E-state index contributed by atoms with van der Waals surface area (Å²) in [6.07, 6.45) is 5.40. The van der Waals surface area contributed by atoms with Gasteiger partial charge in [-0.1, -0.05) is 6.07 Å². The fraction of sp³-hybridized carbons (Fsp3) is 0.588. The highest BCUT2D eigenvalue weighted by Crippen LogP contribution is 2.19. The number of carbonyl (C=O) groups excluding carboxylic acids is 1. The summed E-state index contributed by atoms with van der Waals surface area (Å²) in [5.41, 5.74) is 1.06. The summed E-state index contributed by atoms with van der Waals surface area (Å²) in [5.74, 6) is -0.145. The van der Waals surface area contributed by atoms with Crippen molar-refractivity contribution >= 4 is 17.7 Å². The molecule has 0 spiro atoms. The molecule has 2 N–H and O–H groups in total. The number of anilines is 1. The lowest BCUT2D eigenvalue weighted by molar-refractivity contribution is -0.137. The van der Waals surface area contributed by atoms with E-state index in [4.69, 9.17) is 5.11 Å². The van der Waals surface area contributed by atoms with E-state index in [0.717, 1.165) is 44.5 Å². The zero-order chi connectivity index (χ0) is 16.7. The predicted octanol–water partition coefficient (Wildman–Crippen LogP) is 2.30. The van der Waals surface area contributed by atoms with Crippen molar-refractivity contribution in [2.75, 3.05) is 25.0 Å². The molecule has 6 heteroatoms. The van der Waals surface area contributed by atoms with E-state index in [9.17, 15) is 9.59 Å². The maximum atomic E-state index is 12.4. The van der Waals surface area contributed by atoms with Crippen LogP contribution in [0.3, 0.4) is 0 Å². The summed E-state index contributed by atoms with van der Waals surface area (Å²) in [5, 5.41) is 11.5. The summed E-state index contributed by atoms with van der Waals surface area (Å²) in [6.45, 7) is 4.55. The van der Waals surface area contributed by atoms with Crippen molar-refractivity contribution in [1.29, 1.82) is 0 Å². The first kappa shape index (κ1) is 17.4. The van der Waals surface area contributed by atoms with Crippen LogP contribution < -0.4 is 5.32 Å². The minimum Gasteiger partial charge on any atom is -0.481 e. The Labute approximate surface area is 136 Å². The molecular weight excluding hydrogens is 294 g/mol. The molecule has 23 heavy (non-hydrogen) atoms. The Kier molecular flexibility index (Phi) is 6.52. The number of hydrogen-bond donors (Lipinski definition) is 2. The van der Waals surface area contributed by atoms with Crippen LogP contribution in [0.5, 0.6) is 0 Å². The summed E-state index contributed by atoms with van der Waals surface area (Å²) >= 11 is 0. The number of nitrogens with zero attached hydrogens (tertiary/aromatic N) is 2. The zero-order valence-electron chi connectivity index (χ0n) is 13.6. The first-order chi connectivity index (χ1) is 11.0. The number of rotatable bonds is 7. The van der Waals surface area contributed by atoms with E-state index in [1.165, 1.54) is 0 Å². The van der Waals surface area contributed by atoms with Crippen molar-refractivity contribution in [3.63, 3.8) is 0 Å². The topological polar surface area (TPSA) is 82.5 Å². The maximum absolute atomic E-state index is 12.4. The number of aromatic nitrogens is 1. The van der Waals surface area contributed by atoms with Gasteiger partial charge < -0.3 is 15.3 Å². The third kappa shape index (κ3) is 5.98. The number of aliphatic carboxylic acids is 1. The minimum atomic E-state index is -0.744. The Bertz CT molecular complexity index is 530. The first-order valence-corrected chi connectivity index (χ1v) is 8.22. The second kappa shape index (κ2) is 8.62. The Morgan fingerprint density at radius 3 is 2.91 bits per heavy atom. The second-order valence-corrected chi connectivity index (χ2v) is 6.20. The van der Waals surface area contributed by atoms with Gasteiger partial charge in [-0.15, -0.1) is 0 Å². The number of carbonyl (C=O) groups is 2. The van der Waals surface area contributed by atoms with Crippen LogP contribution in [0, 0.1) is 12.8 Å². The van der Waals surface area contributed by atoms with E-state index < -0.39 is 5.97 Å². The number of amides is 1. The quantitative estimate of drug-likeness (QED) is 0.754. The summed E-state index contributed by atoms with van der Waals surface area (Å²) in [7, 11) is 0. The van der Waals surface area contributed by atoms with Crippen LogP contribution in [0.2, 0.25) is 0 Å². The lowest BCUT2D eigenvalue weighted by atomic mass is 9.97. The van der Waals surface area contributed by atoms with Crippen LogP contribution in [0.1, 0.15) is 37.7 Å². The lowest BCUT2D eigenvalue weighted by Gasteiger charge is -2.31. The fourth-order valence-electron chi connectivity index (χ4n) is 2.85. The lowest BCUT2D eigenvalue weighted by Crippen LogP contribution is -2.41. The van der Waals surface area contributed by atoms with Gasteiger partial charge in [0.05, 0.1) is 5.92 Å². The van der Waals surface area contributed by atoms with E-state index in [1.807, 2.05) is 19.1 Å². The van der Waals surface area contributed by atoms with Gasteiger partial charge >= 0.3 is 5.97 Å². The van der Waals surface area contributed by atoms with Crippen molar-refractivity contribution in [2.45, 2.75) is 39.0 Å². The highest BCUT2D eigenvalue weighted by Gasteiger charge is 2.25. The van der Waals surface area contributed by atoms with Crippen LogP contribution >= 0.6 is 0 Å². The third-order valence-corrected chi connectivity index (χ3v) is 4.15. The van der Waals surface area contributed by atoms with Crippen LogP contribution in [0.4, 0.5) is 5.82 Å². The number of carboxylic acids is 1. The fourth-order valence-corrected chi connectivity index (χ4v) is 2.85. The molecule has 0 bridgehead atoms. The second-order valence-electron chi connectivity index (χ2n) is 6.20. The van der Waals surface area contributed by atoms with Gasteiger partial charge in [-0.3, -0.25) is 9.59 Å². The van der Waals surface area contributed by atoms with E-state index in [1.54, 1.807) is 6.20 Å². The summed E-state index contributed by atoms with van der Waals surface area (Å²) in [4.78, 5) is 29.3. The molecule has 1 amide bonds. The van der Waals surface area contributed by atoms with Crippen molar-refractivity contribution in [1.82, 2.24) is 9.88 Å². The van der Waals surface area contributed by atoms with Gasteiger partial charge in [-0.25, -0.2) is 4.98 Å². The molecule has 1 aliphatic heterocycles. The van der Waals surface area contributed by atoms with E-state index in [2.05, 4.69) is 15.2 Å². The molecule has 126 valence electrons. The van der Waals surface area contributed by atoms with Crippen LogP contribution in [0.15, 0.2) is 18.3 Å². The number of likely N-dealkylation sites (tertiary alicyclic amines) is 1. The number of pyridine rings is 1. The predicted molar refractivity (Wildman–Crippen MR) is 88.3 cm³/mol. The van der Waals surface area contributed by atoms with Gasteiger partial charge in [0, 0.05) is 19.2 Å². The Morgan fingerprint density at radius 1 is 1.39 bits per heavy atom. The van der Waals surface area contributed by atoms with Gasteiger partial charge in [0.25, 0.3) is 0 Å². The number of aryl methyl sites for hydroxylation is 1. The van der Waals surface area contributed by atoms with Gasteiger partial charge in [-0.05, 0) is 57.3 Å². The molecule has 1 saturated heterocycles. The summed E-state index contributed by atoms with van der Waals surface area (Å²) in [6, 6.07) is 3.75. The Morgan fingerprint density at radius 2 is 2.22 bits per heavy atom. The number of hydrogen-bond acceptors (Lipinski definition) is 4. The van der Waals surface area contributed by atoms with Crippen molar-refractivity contribution < 1.29 is 14.7 Å². The SMILES string of the molecule is Cc1ccc(NC(=O)C2CCCN(CCCCC(=O)O)C2)nc1. The molecule has 1 aromatic rings. The largest absolute Gasteiger partial charge is 0.481 e. The molecule has 0 aliphatic carbocycles. The van der Waals surface area contributed by atoms with Gasteiger partial charge in [0.1, 0.15) is 5.82 Å². The molecule has 1 fully saturated rings. The molecule has 1 aromatic heterocycles. The molecule has 1 aliphatic rings. The molecule has 1 unspecified atom stereocenters. The van der Waals surface area contributed by atoms with Gasteiger partial charge in [0.2, 0.25) is 5.91 Å². The zero-order valence-corrected chi connectivity index (χ0v) is 13.6. The molecule has 0 aromatic carbocycles. The molecule has 6 nitrogen and oxygen atoms in total. The number of piperidine rings is 1. The van der Waals surface area contributed by atoms with Crippen molar-refractivity contribution in [3.05, 3.63) is 23.9 Å². The average molecular weight is 319 g/mol. The highest BCUT2D eigenvalue weighted by atomic mass is 16.4. The summed E-state index contributed by atoms with van der Waals surface area (Å²) < 4.78 is 0. The van der Waals surface area contributed by atoms with Crippen LogP contribution in [-0.2, 0) is 9.59 Å². The third-order valence-electron chi connectivity index (χ3n) is 4.15. The van der Waals surface area contributed by atoms with Crippen LogP contribution in [0.25, 0.3) is 0 Å². The molecule has 0 radical (unpaired) electrons. The molecular formula is C17H25N3O3. The molecule has 0 saturated carbocycles. The monoisotopic (exact) mass is 319 g/mol. The highest BCUT2D eigenvalue weighted by molar-refractivity contribution is 5.91. The van der Waals surface area contributed by atoms with E-state index in [0.29, 0.717) is 12.2 Å². The van der Waals surface area contributed by atoms with Crippen molar-refractivity contribution in [3.8, 4) is 0 Å². The first-order valence-electron chi connectivity index (χ1n) is 8.22. The Balaban J connectivity index is 1.77. The number of unbranched alkanes of at least 4 members (excludes halogenated alkanes) is 1. The average Bonchev–Trinajstić information content (AvgIpc) is 2.54. The molecule has 2 heterocycles. The number of nitrogens with one attached hydrogen (secondary N) is 1. The smallest absolute Gasteiger partial charge is 0.303 e. The van der Waals surface area contributed by atoms with E-state index in [-0.39, 0.29) is 18.2 Å². The van der Waals surface area contributed by atoms with Gasteiger partial charge in [0.15, 0.2) is 0 Å². The van der Waals surface area contributed by atoms with E-state index >= 15 is 0 Å². The van der Waals surface area contributed by atoms with Crippen LogP contribution in [-0.4, -0.2) is 46.5 Å².